The summed E-state index contributed by atoms with van der Waals surface area (Å²) in [6.07, 6.45) is 0.764. The van der Waals surface area contributed by atoms with Gasteiger partial charge >= 0.3 is 0 Å². The molecule has 3 aromatic rings. The van der Waals surface area contributed by atoms with Gasteiger partial charge in [-0.2, -0.15) is 0 Å². The van der Waals surface area contributed by atoms with Crippen molar-refractivity contribution in [2.75, 3.05) is 0 Å². The van der Waals surface area contributed by atoms with Crippen LogP contribution in [0.3, 0.4) is 0 Å². The fourth-order valence-electron chi connectivity index (χ4n) is 2.80. The summed E-state index contributed by atoms with van der Waals surface area (Å²) >= 11 is 7.42. The number of nitrogens with zero attached hydrogens (tertiary/aromatic N) is 1. The monoisotopic (exact) mass is 415 g/mol. The Morgan fingerprint density at radius 3 is 2.54 bits per heavy atom. The molecule has 0 saturated carbocycles. The molecule has 28 heavy (non-hydrogen) atoms. The maximum Gasteiger partial charge on any atom is 0.251 e. The van der Waals surface area contributed by atoms with Crippen LogP contribution in [0.15, 0.2) is 48.5 Å². The number of carbonyl (C=O) groups is 2. The molecule has 2 N–H and O–H groups in total. The predicted molar refractivity (Wildman–Crippen MR) is 114 cm³/mol. The first-order valence-electron chi connectivity index (χ1n) is 9.16. The van der Waals surface area contributed by atoms with Crippen LogP contribution in [0.4, 0.5) is 0 Å². The van der Waals surface area contributed by atoms with E-state index < -0.39 is 6.04 Å². The van der Waals surface area contributed by atoms with E-state index in [1.54, 1.807) is 35.6 Å². The van der Waals surface area contributed by atoms with Crippen molar-refractivity contribution in [3.8, 4) is 0 Å². The molecule has 0 aliphatic carbocycles. The number of rotatable bonds is 7. The highest BCUT2D eigenvalue weighted by molar-refractivity contribution is 7.18. The van der Waals surface area contributed by atoms with Crippen LogP contribution >= 0.6 is 22.9 Å². The summed E-state index contributed by atoms with van der Waals surface area (Å²) < 4.78 is 1.08. The number of halogens is 1. The molecule has 1 heterocycles. The molecule has 2 unspecified atom stereocenters. The van der Waals surface area contributed by atoms with Crippen LogP contribution in [0, 0.1) is 5.92 Å². The maximum absolute atomic E-state index is 12.8. The number of amides is 2. The van der Waals surface area contributed by atoms with E-state index in [1.807, 2.05) is 38.1 Å². The number of aromatic nitrogens is 1. The highest BCUT2D eigenvalue weighted by Crippen LogP contribution is 2.21. The second-order valence-electron chi connectivity index (χ2n) is 6.64. The second kappa shape index (κ2) is 9.17. The Kier molecular flexibility index (Phi) is 6.65. The number of fused-ring (bicyclic) bond motifs is 1. The summed E-state index contributed by atoms with van der Waals surface area (Å²) in [6.45, 7) is 4.28. The van der Waals surface area contributed by atoms with Gasteiger partial charge in [-0.3, -0.25) is 9.59 Å². The van der Waals surface area contributed by atoms with Gasteiger partial charge in [0.05, 0.1) is 16.8 Å². The standard InChI is InChI=1S/C21H22ClN3O2S/c1-3-13(2)19(25-20(26)14-8-10-15(22)11-9-14)21(27)23-12-18-24-16-6-4-5-7-17(16)28-18/h4-11,13,19H,3,12H2,1-2H3,(H,23,27)(H,25,26). The van der Waals surface area contributed by atoms with Crippen molar-refractivity contribution in [3.63, 3.8) is 0 Å². The fraction of sp³-hybridized carbons (Fsp3) is 0.286. The Morgan fingerprint density at radius 1 is 1.14 bits per heavy atom. The summed E-state index contributed by atoms with van der Waals surface area (Å²) in [5.41, 5.74) is 1.39. The summed E-state index contributed by atoms with van der Waals surface area (Å²) in [5, 5.41) is 7.16. The smallest absolute Gasteiger partial charge is 0.251 e. The Hall–Kier alpha value is -2.44. The Morgan fingerprint density at radius 2 is 1.86 bits per heavy atom. The highest BCUT2D eigenvalue weighted by Gasteiger charge is 2.26. The molecule has 0 bridgehead atoms. The number of hydrogen-bond donors (Lipinski definition) is 2. The van der Waals surface area contributed by atoms with Crippen molar-refractivity contribution in [1.29, 1.82) is 0 Å². The molecule has 0 spiro atoms. The number of thiazole rings is 1. The van der Waals surface area contributed by atoms with E-state index in [0.29, 0.717) is 17.1 Å². The van der Waals surface area contributed by atoms with E-state index in [9.17, 15) is 9.59 Å². The molecule has 3 rings (SSSR count). The first kappa shape index (κ1) is 20.3. The molecule has 5 nitrogen and oxygen atoms in total. The van der Waals surface area contributed by atoms with Crippen molar-refractivity contribution >= 4 is 45.0 Å². The zero-order chi connectivity index (χ0) is 20.1. The van der Waals surface area contributed by atoms with Crippen LogP contribution in [0.5, 0.6) is 0 Å². The number of nitrogens with one attached hydrogen (secondary N) is 2. The molecule has 2 atom stereocenters. The zero-order valence-electron chi connectivity index (χ0n) is 15.7. The fourth-order valence-corrected chi connectivity index (χ4v) is 3.83. The van der Waals surface area contributed by atoms with Crippen LogP contribution in [0.25, 0.3) is 10.2 Å². The highest BCUT2D eigenvalue weighted by atomic mass is 35.5. The minimum absolute atomic E-state index is 0.00776. The normalized spacial score (nSPS) is 13.1. The van der Waals surface area contributed by atoms with Crippen molar-refractivity contribution in [2.24, 2.45) is 5.92 Å². The Labute approximate surface area is 173 Å². The van der Waals surface area contributed by atoms with Gasteiger partial charge in [0.25, 0.3) is 5.91 Å². The van der Waals surface area contributed by atoms with E-state index in [4.69, 9.17) is 11.6 Å². The third-order valence-electron chi connectivity index (χ3n) is 4.64. The zero-order valence-corrected chi connectivity index (χ0v) is 17.3. The number of benzene rings is 2. The van der Waals surface area contributed by atoms with Crippen LogP contribution < -0.4 is 10.6 Å². The van der Waals surface area contributed by atoms with E-state index in [0.717, 1.165) is 21.6 Å². The van der Waals surface area contributed by atoms with Crippen LogP contribution in [-0.4, -0.2) is 22.8 Å². The van der Waals surface area contributed by atoms with Gasteiger partial charge in [0.15, 0.2) is 0 Å². The summed E-state index contributed by atoms with van der Waals surface area (Å²) in [5.74, 6) is -0.514. The quantitative estimate of drug-likeness (QED) is 0.600. The van der Waals surface area contributed by atoms with Crippen LogP contribution in [-0.2, 0) is 11.3 Å². The molecule has 0 aliphatic rings. The van der Waals surface area contributed by atoms with E-state index in [2.05, 4.69) is 15.6 Å². The largest absolute Gasteiger partial charge is 0.348 e. The first-order valence-corrected chi connectivity index (χ1v) is 10.4. The lowest BCUT2D eigenvalue weighted by molar-refractivity contribution is -0.124. The summed E-state index contributed by atoms with van der Waals surface area (Å²) in [6, 6.07) is 13.8. The third-order valence-corrected chi connectivity index (χ3v) is 5.93. The molecule has 146 valence electrons. The van der Waals surface area contributed by atoms with Crippen molar-refractivity contribution in [2.45, 2.75) is 32.9 Å². The second-order valence-corrected chi connectivity index (χ2v) is 8.19. The molecular formula is C21H22ClN3O2S. The average molecular weight is 416 g/mol. The lowest BCUT2D eigenvalue weighted by Crippen LogP contribution is -2.50. The molecule has 0 aliphatic heterocycles. The summed E-state index contributed by atoms with van der Waals surface area (Å²) in [7, 11) is 0. The number of para-hydroxylation sites is 1. The lowest BCUT2D eigenvalue weighted by Gasteiger charge is -2.23. The SMILES string of the molecule is CCC(C)C(NC(=O)c1ccc(Cl)cc1)C(=O)NCc1nc2ccccc2s1. The van der Waals surface area contributed by atoms with Crippen LogP contribution in [0.1, 0.15) is 35.6 Å². The number of hydrogen-bond acceptors (Lipinski definition) is 4. The van der Waals surface area contributed by atoms with E-state index >= 15 is 0 Å². The lowest BCUT2D eigenvalue weighted by atomic mass is 9.98. The topological polar surface area (TPSA) is 71.1 Å². The van der Waals surface area contributed by atoms with Crippen molar-refractivity contribution in [3.05, 3.63) is 64.1 Å². The Balaban J connectivity index is 1.67. The van der Waals surface area contributed by atoms with Gasteiger partial charge in [0.1, 0.15) is 11.0 Å². The summed E-state index contributed by atoms with van der Waals surface area (Å²) in [4.78, 5) is 29.9. The van der Waals surface area contributed by atoms with Gasteiger partial charge in [-0.05, 0) is 42.3 Å². The molecule has 0 saturated heterocycles. The van der Waals surface area contributed by atoms with Gasteiger partial charge < -0.3 is 10.6 Å². The molecule has 2 amide bonds. The van der Waals surface area contributed by atoms with Gasteiger partial charge in [-0.25, -0.2) is 4.98 Å². The van der Waals surface area contributed by atoms with E-state index in [1.165, 1.54) is 0 Å². The minimum Gasteiger partial charge on any atom is -0.348 e. The molecule has 0 fully saturated rings. The Bertz CT molecular complexity index is 938. The first-order chi connectivity index (χ1) is 13.5. The molecule has 1 aromatic heterocycles. The predicted octanol–water partition coefficient (Wildman–Crippen LogP) is 4.41. The van der Waals surface area contributed by atoms with E-state index in [-0.39, 0.29) is 17.7 Å². The average Bonchev–Trinajstić information content (AvgIpc) is 3.13. The molecule has 0 radical (unpaired) electrons. The number of carbonyl (C=O) groups excluding carboxylic acids is 2. The van der Waals surface area contributed by atoms with Crippen molar-refractivity contribution < 1.29 is 9.59 Å². The maximum atomic E-state index is 12.8. The van der Waals surface area contributed by atoms with Gasteiger partial charge in [-0.15, -0.1) is 11.3 Å². The minimum atomic E-state index is -0.623. The molecule has 7 heteroatoms. The molecular weight excluding hydrogens is 394 g/mol. The van der Waals surface area contributed by atoms with Crippen LogP contribution in [0.2, 0.25) is 5.02 Å². The van der Waals surface area contributed by atoms with Gasteiger partial charge in [-0.1, -0.05) is 44.0 Å². The third kappa shape index (κ3) is 4.88. The van der Waals surface area contributed by atoms with Crippen molar-refractivity contribution in [1.82, 2.24) is 15.6 Å². The molecule has 2 aromatic carbocycles. The van der Waals surface area contributed by atoms with Gasteiger partial charge in [0, 0.05) is 10.6 Å². The van der Waals surface area contributed by atoms with Gasteiger partial charge in [0.2, 0.25) is 5.91 Å².